The van der Waals surface area contributed by atoms with Gasteiger partial charge in [-0.2, -0.15) is 0 Å². The van der Waals surface area contributed by atoms with E-state index in [4.69, 9.17) is 4.98 Å². The molecular formula is C32H41N5O2. The minimum absolute atomic E-state index is 0.0130. The number of para-hydroxylation sites is 3. The first-order chi connectivity index (χ1) is 19.0. The Kier molecular flexibility index (Phi) is 7.43. The van der Waals surface area contributed by atoms with E-state index < -0.39 is 0 Å². The molecule has 0 saturated carbocycles. The Morgan fingerprint density at radius 3 is 2.26 bits per heavy atom. The van der Waals surface area contributed by atoms with Gasteiger partial charge in [-0.15, -0.1) is 0 Å². The average molecular weight is 528 g/mol. The fourth-order valence-corrected chi connectivity index (χ4v) is 7.49. The van der Waals surface area contributed by atoms with Crippen LogP contribution in [-0.2, 0) is 9.59 Å². The lowest BCUT2D eigenvalue weighted by Crippen LogP contribution is -2.46. The second-order valence-corrected chi connectivity index (χ2v) is 11.7. The molecule has 0 aliphatic carbocycles. The number of hydrogen-bond acceptors (Lipinski definition) is 4. The van der Waals surface area contributed by atoms with Gasteiger partial charge in [-0.05, 0) is 76.1 Å². The van der Waals surface area contributed by atoms with Gasteiger partial charge in [-0.3, -0.25) is 14.5 Å². The maximum absolute atomic E-state index is 13.7. The largest absolute Gasteiger partial charge is 0.343 e. The summed E-state index contributed by atoms with van der Waals surface area (Å²) >= 11 is 0. The Labute approximate surface area is 231 Å². The van der Waals surface area contributed by atoms with E-state index in [1.165, 1.54) is 31.2 Å². The van der Waals surface area contributed by atoms with Crippen molar-refractivity contribution < 1.29 is 9.59 Å². The predicted molar refractivity (Wildman–Crippen MR) is 155 cm³/mol. The van der Waals surface area contributed by atoms with Gasteiger partial charge in [0.05, 0.1) is 11.0 Å². The number of aryl methyl sites for hydroxylation is 1. The zero-order valence-electron chi connectivity index (χ0n) is 23.3. The van der Waals surface area contributed by atoms with Crippen LogP contribution in [0.3, 0.4) is 0 Å². The van der Waals surface area contributed by atoms with Crippen LogP contribution in [0.4, 0.5) is 5.69 Å². The average Bonchev–Trinajstić information content (AvgIpc) is 3.41. The van der Waals surface area contributed by atoms with Crippen molar-refractivity contribution in [3.8, 4) is 0 Å². The van der Waals surface area contributed by atoms with E-state index in [0.717, 1.165) is 49.4 Å². The zero-order valence-corrected chi connectivity index (χ0v) is 23.3. The third kappa shape index (κ3) is 5.21. The first-order valence-corrected chi connectivity index (χ1v) is 14.8. The summed E-state index contributed by atoms with van der Waals surface area (Å²) < 4.78 is 2.49. The van der Waals surface area contributed by atoms with Crippen LogP contribution in [0.25, 0.3) is 11.0 Å². The van der Waals surface area contributed by atoms with E-state index >= 15 is 0 Å². The molecule has 3 saturated heterocycles. The summed E-state index contributed by atoms with van der Waals surface area (Å²) in [6, 6.07) is 20.4. The molecule has 6 rings (SSSR count). The number of hydrogen-bond donors (Lipinski definition) is 0. The Bertz CT molecular complexity index is 1300. The molecule has 0 radical (unpaired) electrons. The molecule has 2 bridgehead atoms. The van der Waals surface area contributed by atoms with E-state index in [-0.39, 0.29) is 17.7 Å². The van der Waals surface area contributed by atoms with Crippen LogP contribution >= 0.6 is 0 Å². The smallest absolute Gasteiger partial charge is 0.230 e. The molecular weight excluding hydrogens is 486 g/mol. The SMILES string of the molecule is CC(=O)N1CCC(C(=O)N(CCCN2C3CC[C@@H]2CC(n2c(C)nc4ccccc42)C3)c2ccccc2)CC1. The predicted octanol–water partition coefficient (Wildman–Crippen LogP) is 5.19. The molecule has 3 aliphatic rings. The number of carbonyl (C=O) groups is 2. The summed E-state index contributed by atoms with van der Waals surface area (Å²) in [6.07, 6.45) is 7.36. The number of carbonyl (C=O) groups excluding carboxylic acids is 2. The van der Waals surface area contributed by atoms with Gasteiger partial charge in [-0.1, -0.05) is 30.3 Å². The summed E-state index contributed by atoms with van der Waals surface area (Å²) in [4.78, 5) is 36.9. The molecule has 2 aromatic carbocycles. The lowest BCUT2D eigenvalue weighted by molar-refractivity contribution is -0.133. The highest BCUT2D eigenvalue weighted by Crippen LogP contribution is 2.42. The quantitative estimate of drug-likeness (QED) is 0.424. The monoisotopic (exact) mass is 527 g/mol. The molecule has 7 heteroatoms. The van der Waals surface area contributed by atoms with Crippen molar-refractivity contribution in [3.05, 3.63) is 60.4 Å². The highest BCUT2D eigenvalue weighted by molar-refractivity contribution is 5.95. The van der Waals surface area contributed by atoms with Crippen molar-refractivity contribution in [2.24, 2.45) is 5.92 Å². The van der Waals surface area contributed by atoms with Gasteiger partial charge in [0.1, 0.15) is 5.82 Å². The summed E-state index contributed by atoms with van der Waals surface area (Å²) in [6.45, 7) is 6.89. The number of amides is 2. The van der Waals surface area contributed by atoms with Crippen LogP contribution in [0.5, 0.6) is 0 Å². The normalized spacial score (nSPS) is 23.8. The third-order valence-corrected chi connectivity index (χ3v) is 9.42. The Hall–Kier alpha value is -3.19. The fourth-order valence-electron chi connectivity index (χ4n) is 7.49. The maximum atomic E-state index is 13.7. The molecule has 2 amide bonds. The van der Waals surface area contributed by atoms with Gasteiger partial charge in [-0.25, -0.2) is 4.98 Å². The van der Waals surface area contributed by atoms with Crippen LogP contribution in [0, 0.1) is 12.8 Å². The van der Waals surface area contributed by atoms with Crippen LogP contribution in [0.15, 0.2) is 54.6 Å². The summed E-state index contributed by atoms with van der Waals surface area (Å²) in [5.41, 5.74) is 3.35. The molecule has 1 aromatic heterocycles. The second-order valence-electron chi connectivity index (χ2n) is 11.7. The zero-order chi connectivity index (χ0) is 26.9. The molecule has 206 valence electrons. The number of imidazole rings is 1. The number of nitrogens with zero attached hydrogens (tertiary/aromatic N) is 5. The number of rotatable bonds is 7. The van der Waals surface area contributed by atoms with E-state index in [1.54, 1.807) is 6.92 Å². The highest BCUT2D eigenvalue weighted by Gasteiger charge is 2.41. The number of anilines is 1. The Morgan fingerprint density at radius 1 is 0.897 bits per heavy atom. The number of piperidine rings is 2. The number of fused-ring (bicyclic) bond motifs is 3. The Balaban J connectivity index is 1.10. The van der Waals surface area contributed by atoms with E-state index in [2.05, 4.69) is 52.8 Å². The summed E-state index contributed by atoms with van der Waals surface area (Å²) in [5, 5.41) is 0. The van der Waals surface area contributed by atoms with Crippen LogP contribution in [-0.4, -0.2) is 69.4 Å². The molecule has 3 fully saturated rings. The molecule has 39 heavy (non-hydrogen) atoms. The lowest BCUT2D eigenvalue weighted by Gasteiger charge is -2.40. The van der Waals surface area contributed by atoms with E-state index in [9.17, 15) is 9.59 Å². The highest BCUT2D eigenvalue weighted by atomic mass is 16.2. The molecule has 4 heterocycles. The first kappa shape index (κ1) is 26.1. The second kappa shape index (κ2) is 11.1. The number of likely N-dealkylation sites (tertiary alicyclic amines) is 1. The van der Waals surface area contributed by atoms with E-state index in [1.807, 2.05) is 28.0 Å². The molecule has 0 N–H and O–H groups in total. The Morgan fingerprint density at radius 2 is 1.56 bits per heavy atom. The van der Waals surface area contributed by atoms with Crippen molar-refractivity contribution in [1.29, 1.82) is 0 Å². The molecule has 7 nitrogen and oxygen atoms in total. The van der Waals surface area contributed by atoms with Crippen molar-refractivity contribution in [3.63, 3.8) is 0 Å². The van der Waals surface area contributed by atoms with Gasteiger partial charge < -0.3 is 14.4 Å². The standard InChI is InChI=1S/C32H41N5O2/c1-23-33-30-11-6-7-12-31(30)37(23)29-21-27-13-14-28(22-29)35(27)17-8-18-36(26-9-4-3-5-10-26)32(39)25-15-19-34(20-16-25)24(2)38/h3-7,9-12,25,27-29H,8,13-22H2,1-2H3/t27-,28?,29?/m1/s1. The minimum atomic E-state index is -0.0130. The summed E-state index contributed by atoms with van der Waals surface area (Å²) in [7, 11) is 0. The number of benzene rings is 2. The minimum Gasteiger partial charge on any atom is -0.343 e. The van der Waals surface area contributed by atoms with Crippen molar-refractivity contribution in [2.75, 3.05) is 31.1 Å². The molecule has 0 spiro atoms. The molecule has 3 aliphatic heterocycles. The lowest BCUT2D eigenvalue weighted by atomic mass is 9.94. The molecule has 2 unspecified atom stereocenters. The van der Waals surface area contributed by atoms with Gasteiger partial charge in [0.15, 0.2) is 0 Å². The topological polar surface area (TPSA) is 61.7 Å². The molecule has 3 aromatic rings. The van der Waals surface area contributed by atoms with Crippen molar-refractivity contribution in [1.82, 2.24) is 19.4 Å². The van der Waals surface area contributed by atoms with Crippen molar-refractivity contribution >= 4 is 28.5 Å². The van der Waals surface area contributed by atoms with Gasteiger partial charge in [0.2, 0.25) is 11.8 Å². The van der Waals surface area contributed by atoms with Gasteiger partial charge in [0.25, 0.3) is 0 Å². The first-order valence-electron chi connectivity index (χ1n) is 14.8. The van der Waals surface area contributed by atoms with Crippen molar-refractivity contribution in [2.45, 2.75) is 76.9 Å². The fraction of sp³-hybridized carbons (Fsp3) is 0.531. The molecule has 3 atom stereocenters. The third-order valence-electron chi connectivity index (χ3n) is 9.42. The van der Waals surface area contributed by atoms with Crippen LogP contribution in [0.1, 0.15) is 63.7 Å². The summed E-state index contributed by atoms with van der Waals surface area (Å²) in [5.74, 6) is 1.44. The van der Waals surface area contributed by atoms with Crippen LogP contribution in [0.2, 0.25) is 0 Å². The van der Waals surface area contributed by atoms with Gasteiger partial charge in [0, 0.05) is 62.8 Å². The number of aromatic nitrogens is 2. The van der Waals surface area contributed by atoms with Crippen LogP contribution < -0.4 is 4.90 Å². The van der Waals surface area contributed by atoms with Gasteiger partial charge >= 0.3 is 0 Å². The van der Waals surface area contributed by atoms with E-state index in [0.29, 0.717) is 31.2 Å². The maximum Gasteiger partial charge on any atom is 0.230 e.